The van der Waals surface area contributed by atoms with Crippen molar-refractivity contribution in [3.05, 3.63) is 23.9 Å². The van der Waals surface area contributed by atoms with Crippen molar-refractivity contribution in [2.75, 3.05) is 38.8 Å². The molecule has 100 valence electrons. The van der Waals surface area contributed by atoms with Crippen molar-refractivity contribution in [3.63, 3.8) is 0 Å². The highest BCUT2D eigenvalue weighted by Gasteiger charge is 2.05. The Morgan fingerprint density at radius 2 is 2.33 bits per heavy atom. The summed E-state index contributed by atoms with van der Waals surface area (Å²) in [6, 6.07) is 3.84. The summed E-state index contributed by atoms with van der Waals surface area (Å²) in [6.45, 7) is 2.40. The summed E-state index contributed by atoms with van der Waals surface area (Å²) in [7, 11) is 3.45. The molecular weight excluding hydrogens is 232 g/mol. The number of nitrogens with zero attached hydrogens (tertiary/aromatic N) is 2. The van der Waals surface area contributed by atoms with Crippen molar-refractivity contribution in [1.82, 2.24) is 10.3 Å². The van der Waals surface area contributed by atoms with Gasteiger partial charge in [0.05, 0.1) is 13.2 Å². The minimum Gasteiger partial charge on any atom is -0.383 e. The lowest BCUT2D eigenvalue weighted by Crippen LogP contribution is -2.31. The third-order valence-electron chi connectivity index (χ3n) is 2.41. The predicted molar refractivity (Wildman–Crippen MR) is 70.3 cm³/mol. The van der Waals surface area contributed by atoms with E-state index in [0.717, 1.165) is 24.5 Å². The number of amides is 1. The smallest absolute Gasteiger partial charge is 0.236 e. The molecule has 0 fully saturated rings. The fourth-order valence-electron chi connectivity index (χ4n) is 1.47. The number of likely N-dealkylation sites (N-methyl/N-ethyl adjacent to an activating group) is 1. The van der Waals surface area contributed by atoms with Crippen LogP contribution >= 0.6 is 0 Å². The van der Waals surface area contributed by atoms with E-state index in [1.54, 1.807) is 25.3 Å². The number of primary amides is 1. The Bertz CT molecular complexity index is 367. The fraction of sp³-hybridized carbons (Fsp3) is 0.500. The van der Waals surface area contributed by atoms with Crippen LogP contribution in [0.2, 0.25) is 0 Å². The van der Waals surface area contributed by atoms with Crippen LogP contribution in [0, 0.1) is 0 Å². The van der Waals surface area contributed by atoms with Gasteiger partial charge < -0.3 is 20.7 Å². The second-order valence-corrected chi connectivity index (χ2v) is 4.02. The SMILES string of the molecule is COCCNCc1ccc(N(C)CC(N)=O)nc1. The Morgan fingerprint density at radius 1 is 1.56 bits per heavy atom. The van der Waals surface area contributed by atoms with Crippen LogP contribution in [0.5, 0.6) is 0 Å². The molecule has 1 heterocycles. The topological polar surface area (TPSA) is 80.5 Å². The molecule has 0 aliphatic heterocycles. The van der Waals surface area contributed by atoms with Crippen molar-refractivity contribution < 1.29 is 9.53 Å². The highest BCUT2D eigenvalue weighted by Crippen LogP contribution is 2.08. The lowest BCUT2D eigenvalue weighted by Gasteiger charge is -2.16. The van der Waals surface area contributed by atoms with Gasteiger partial charge in [0.1, 0.15) is 5.82 Å². The monoisotopic (exact) mass is 252 g/mol. The molecule has 0 spiro atoms. The van der Waals surface area contributed by atoms with Crippen LogP contribution in [0.1, 0.15) is 5.56 Å². The number of hydrogen-bond acceptors (Lipinski definition) is 5. The average Bonchev–Trinajstić information content (AvgIpc) is 2.34. The van der Waals surface area contributed by atoms with Crippen molar-refractivity contribution in [3.8, 4) is 0 Å². The number of anilines is 1. The van der Waals surface area contributed by atoms with E-state index in [4.69, 9.17) is 10.5 Å². The Kier molecular flexibility index (Phi) is 6.10. The molecular formula is C12H20N4O2. The second-order valence-electron chi connectivity index (χ2n) is 4.02. The van der Waals surface area contributed by atoms with Crippen LogP contribution < -0.4 is 16.0 Å². The van der Waals surface area contributed by atoms with E-state index in [-0.39, 0.29) is 12.5 Å². The Morgan fingerprint density at radius 3 is 2.89 bits per heavy atom. The third kappa shape index (κ3) is 5.11. The van der Waals surface area contributed by atoms with Gasteiger partial charge in [-0.3, -0.25) is 4.79 Å². The number of methoxy groups -OCH3 is 1. The highest BCUT2D eigenvalue weighted by molar-refractivity contribution is 5.78. The third-order valence-corrected chi connectivity index (χ3v) is 2.41. The van der Waals surface area contributed by atoms with E-state index in [2.05, 4.69) is 10.3 Å². The van der Waals surface area contributed by atoms with Gasteiger partial charge in [-0.1, -0.05) is 6.07 Å². The zero-order chi connectivity index (χ0) is 13.4. The minimum atomic E-state index is -0.371. The van der Waals surface area contributed by atoms with Gasteiger partial charge >= 0.3 is 0 Å². The lowest BCUT2D eigenvalue weighted by molar-refractivity contribution is -0.116. The van der Waals surface area contributed by atoms with E-state index in [1.807, 2.05) is 12.1 Å². The van der Waals surface area contributed by atoms with Gasteiger partial charge in [0, 0.05) is 33.4 Å². The molecule has 1 aromatic heterocycles. The van der Waals surface area contributed by atoms with Gasteiger partial charge in [0.15, 0.2) is 0 Å². The number of carbonyl (C=O) groups is 1. The molecule has 0 atom stereocenters. The molecule has 1 rings (SSSR count). The quantitative estimate of drug-likeness (QED) is 0.623. The van der Waals surface area contributed by atoms with Crippen LogP contribution in [0.4, 0.5) is 5.82 Å². The van der Waals surface area contributed by atoms with Crippen molar-refractivity contribution >= 4 is 11.7 Å². The van der Waals surface area contributed by atoms with Crippen LogP contribution in [0.25, 0.3) is 0 Å². The first kappa shape index (κ1) is 14.4. The summed E-state index contributed by atoms with van der Waals surface area (Å²) in [6.07, 6.45) is 1.78. The van der Waals surface area contributed by atoms with Crippen LogP contribution in [-0.4, -0.2) is 44.7 Å². The van der Waals surface area contributed by atoms with Crippen LogP contribution in [-0.2, 0) is 16.1 Å². The molecule has 0 aliphatic carbocycles. The van der Waals surface area contributed by atoms with Crippen molar-refractivity contribution in [2.45, 2.75) is 6.54 Å². The molecule has 6 heteroatoms. The summed E-state index contributed by atoms with van der Waals surface area (Å²) < 4.78 is 4.94. The van der Waals surface area contributed by atoms with Gasteiger partial charge in [0.25, 0.3) is 0 Å². The highest BCUT2D eigenvalue weighted by atomic mass is 16.5. The van der Waals surface area contributed by atoms with E-state index in [1.165, 1.54) is 0 Å². The lowest BCUT2D eigenvalue weighted by atomic mass is 10.2. The second kappa shape index (κ2) is 7.62. The van der Waals surface area contributed by atoms with Gasteiger partial charge in [-0.25, -0.2) is 4.98 Å². The van der Waals surface area contributed by atoms with Gasteiger partial charge in [-0.05, 0) is 11.6 Å². The molecule has 0 aliphatic rings. The number of hydrogen-bond donors (Lipinski definition) is 2. The van der Waals surface area contributed by atoms with Crippen LogP contribution in [0.3, 0.4) is 0 Å². The van der Waals surface area contributed by atoms with E-state index >= 15 is 0 Å². The number of nitrogens with two attached hydrogens (primary N) is 1. The molecule has 1 amide bonds. The Hall–Kier alpha value is -1.66. The Balaban J connectivity index is 2.44. The van der Waals surface area contributed by atoms with Gasteiger partial charge in [0.2, 0.25) is 5.91 Å². The van der Waals surface area contributed by atoms with Crippen molar-refractivity contribution in [2.24, 2.45) is 5.73 Å². The molecule has 6 nitrogen and oxygen atoms in total. The molecule has 0 unspecified atom stereocenters. The molecule has 18 heavy (non-hydrogen) atoms. The van der Waals surface area contributed by atoms with Gasteiger partial charge in [-0.2, -0.15) is 0 Å². The standard InChI is InChI=1S/C12H20N4O2/c1-16(9-11(13)17)12-4-3-10(8-15-12)7-14-5-6-18-2/h3-4,8,14H,5-7,9H2,1-2H3,(H2,13,17). The fourth-order valence-corrected chi connectivity index (χ4v) is 1.47. The first-order chi connectivity index (χ1) is 8.63. The Labute approximate surface area is 107 Å². The molecule has 0 saturated heterocycles. The largest absolute Gasteiger partial charge is 0.383 e. The predicted octanol–water partition coefficient (Wildman–Crippen LogP) is -0.261. The number of rotatable bonds is 8. The summed E-state index contributed by atoms with van der Waals surface area (Å²) in [5, 5.41) is 3.23. The van der Waals surface area contributed by atoms with Crippen LogP contribution in [0.15, 0.2) is 18.3 Å². The zero-order valence-electron chi connectivity index (χ0n) is 10.8. The molecule has 0 bridgehead atoms. The molecule has 0 saturated carbocycles. The normalized spacial score (nSPS) is 10.3. The summed E-state index contributed by atoms with van der Waals surface area (Å²) >= 11 is 0. The number of nitrogens with one attached hydrogen (secondary N) is 1. The molecule has 0 aromatic carbocycles. The van der Waals surface area contributed by atoms with Crippen molar-refractivity contribution in [1.29, 1.82) is 0 Å². The minimum absolute atomic E-state index is 0.165. The van der Waals surface area contributed by atoms with E-state index in [9.17, 15) is 4.79 Å². The first-order valence-electron chi connectivity index (χ1n) is 5.77. The van der Waals surface area contributed by atoms with E-state index < -0.39 is 0 Å². The zero-order valence-corrected chi connectivity index (χ0v) is 10.8. The molecule has 0 radical (unpaired) electrons. The number of ether oxygens (including phenoxy) is 1. The summed E-state index contributed by atoms with van der Waals surface area (Å²) in [4.78, 5) is 16.8. The number of aromatic nitrogens is 1. The molecule has 1 aromatic rings. The molecule has 3 N–H and O–H groups in total. The number of pyridine rings is 1. The van der Waals surface area contributed by atoms with E-state index in [0.29, 0.717) is 6.61 Å². The maximum Gasteiger partial charge on any atom is 0.236 e. The maximum absolute atomic E-state index is 10.8. The van der Waals surface area contributed by atoms with Gasteiger partial charge in [-0.15, -0.1) is 0 Å². The maximum atomic E-state index is 10.8. The average molecular weight is 252 g/mol. The summed E-state index contributed by atoms with van der Waals surface area (Å²) in [5.74, 6) is 0.360. The number of carbonyl (C=O) groups excluding carboxylic acids is 1. The first-order valence-corrected chi connectivity index (χ1v) is 5.77. The summed E-state index contributed by atoms with van der Waals surface area (Å²) in [5.41, 5.74) is 6.21.